The molecule has 0 unspecified atom stereocenters. The minimum Gasteiger partial charge on any atom is -0.364 e. The number of thiophene rings is 1. The molecule has 0 fully saturated rings. The van der Waals surface area contributed by atoms with Crippen LogP contribution in [0.25, 0.3) is 16.3 Å². The Balaban J connectivity index is 2.14. The first-order valence-corrected chi connectivity index (χ1v) is 9.27. The van der Waals surface area contributed by atoms with E-state index in [1.54, 1.807) is 22.9 Å². The molecule has 0 radical (unpaired) electrons. The third-order valence-corrected chi connectivity index (χ3v) is 5.35. The summed E-state index contributed by atoms with van der Waals surface area (Å²) in [4.78, 5) is 12.4. The van der Waals surface area contributed by atoms with Crippen molar-refractivity contribution in [3.05, 3.63) is 53.0 Å². The van der Waals surface area contributed by atoms with E-state index in [2.05, 4.69) is 5.10 Å². The quantitative estimate of drug-likeness (QED) is 0.733. The highest BCUT2D eigenvalue weighted by Gasteiger charge is 2.16. The largest absolute Gasteiger partial charge is 0.364 e. The van der Waals surface area contributed by atoms with Crippen molar-refractivity contribution >= 4 is 27.3 Å². The van der Waals surface area contributed by atoms with E-state index in [-0.39, 0.29) is 10.6 Å². The molecule has 4 N–H and O–H groups in total. The van der Waals surface area contributed by atoms with Crippen molar-refractivity contribution in [1.29, 1.82) is 0 Å². The molecule has 0 aliphatic rings. The minimum absolute atomic E-state index is 0.00190. The number of carbonyl (C=O) groups excluding carboxylic acids is 1. The van der Waals surface area contributed by atoms with Gasteiger partial charge in [0.25, 0.3) is 5.91 Å². The van der Waals surface area contributed by atoms with Crippen LogP contribution in [-0.4, -0.2) is 24.1 Å². The normalized spacial score (nSPS) is 11.6. The number of carbonyl (C=O) groups is 1. The minimum atomic E-state index is -3.77. The van der Waals surface area contributed by atoms with E-state index in [4.69, 9.17) is 10.9 Å². The Morgan fingerprint density at radius 1 is 1.21 bits per heavy atom. The molecule has 3 rings (SSSR count). The average molecular weight is 362 g/mol. The van der Waals surface area contributed by atoms with Crippen molar-refractivity contribution < 1.29 is 13.2 Å². The predicted molar refractivity (Wildman–Crippen MR) is 91.5 cm³/mol. The molecule has 9 heteroatoms. The second-order valence-corrected chi connectivity index (χ2v) is 7.69. The number of nitrogens with zero attached hydrogens (tertiary/aromatic N) is 2. The first-order chi connectivity index (χ1) is 11.3. The molecule has 124 valence electrons. The lowest BCUT2D eigenvalue weighted by Crippen LogP contribution is -2.13. The number of benzene rings is 1. The monoisotopic (exact) mass is 362 g/mol. The lowest BCUT2D eigenvalue weighted by molar-refractivity contribution is 0.0995. The van der Waals surface area contributed by atoms with Gasteiger partial charge >= 0.3 is 0 Å². The second kappa shape index (κ2) is 5.86. The first-order valence-electron chi connectivity index (χ1n) is 6.84. The maximum atomic E-state index is 11.5. The Hall–Kier alpha value is -2.49. The average Bonchev–Trinajstić information content (AvgIpc) is 3.12. The van der Waals surface area contributed by atoms with E-state index in [0.29, 0.717) is 11.4 Å². The van der Waals surface area contributed by atoms with Gasteiger partial charge in [0.1, 0.15) is 0 Å². The van der Waals surface area contributed by atoms with Crippen LogP contribution in [0, 0.1) is 6.92 Å². The van der Waals surface area contributed by atoms with E-state index >= 15 is 0 Å². The van der Waals surface area contributed by atoms with Crippen molar-refractivity contribution in [1.82, 2.24) is 9.78 Å². The van der Waals surface area contributed by atoms with Crippen molar-refractivity contribution in [2.45, 2.75) is 11.8 Å². The molecule has 24 heavy (non-hydrogen) atoms. The van der Waals surface area contributed by atoms with Crippen LogP contribution >= 0.6 is 11.3 Å². The zero-order valence-corrected chi connectivity index (χ0v) is 14.3. The first kappa shape index (κ1) is 16.4. The summed E-state index contributed by atoms with van der Waals surface area (Å²) in [6.45, 7) is 1.97. The number of amides is 1. The van der Waals surface area contributed by atoms with Crippen molar-refractivity contribution in [2.24, 2.45) is 10.9 Å². The number of hydrogen-bond acceptors (Lipinski definition) is 5. The van der Waals surface area contributed by atoms with Gasteiger partial charge in [-0.1, -0.05) is 0 Å². The fourth-order valence-electron chi connectivity index (χ4n) is 2.22. The van der Waals surface area contributed by atoms with E-state index in [9.17, 15) is 13.2 Å². The topological polar surface area (TPSA) is 121 Å². The maximum Gasteiger partial charge on any atom is 0.269 e. The van der Waals surface area contributed by atoms with Crippen LogP contribution in [-0.2, 0) is 10.0 Å². The molecule has 0 aliphatic carbocycles. The molecule has 0 atom stereocenters. The number of aromatic nitrogens is 2. The number of sulfonamides is 1. The van der Waals surface area contributed by atoms with Gasteiger partial charge in [0.15, 0.2) is 5.69 Å². The highest BCUT2D eigenvalue weighted by molar-refractivity contribution is 7.89. The van der Waals surface area contributed by atoms with Crippen LogP contribution in [0.15, 0.2) is 46.7 Å². The molecule has 0 saturated carbocycles. The highest BCUT2D eigenvalue weighted by Crippen LogP contribution is 2.30. The molecule has 0 spiro atoms. The van der Waals surface area contributed by atoms with Gasteiger partial charge in [0.2, 0.25) is 10.0 Å². The molecule has 3 aromatic rings. The summed E-state index contributed by atoms with van der Waals surface area (Å²) in [6, 6.07) is 9.51. The Kier molecular flexibility index (Phi) is 3.99. The van der Waals surface area contributed by atoms with Gasteiger partial charge in [-0.25, -0.2) is 18.2 Å². The molecule has 1 amide bonds. The SMILES string of the molecule is Cc1csc(-c2cc(C(N)=O)nn2-c2ccc(S(N)(=O)=O)cc2)c1. The van der Waals surface area contributed by atoms with Gasteiger partial charge in [0.05, 0.1) is 21.2 Å². The highest BCUT2D eigenvalue weighted by atomic mass is 32.2. The number of primary sulfonamides is 1. The fourth-order valence-corrected chi connectivity index (χ4v) is 3.63. The predicted octanol–water partition coefficient (Wildman–Crippen LogP) is 1.66. The smallest absolute Gasteiger partial charge is 0.269 e. The third kappa shape index (κ3) is 3.09. The summed E-state index contributed by atoms with van der Waals surface area (Å²) in [5, 5.41) is 11.3. The van der Waals surface area contributed by atoms with Crippen LogP contribution in [0.1, 0.15) is 16.1 Å². The van der Waals surface area contributed by atoms with Crippen LogP contribution in [0.3, 0.4) is 0 Å². The zero-order chi connectivity index (χ0) is 17.5. The molecule has 0 bridgehead atoms. The number of rotatable bonds is 4. The molecule has 2 aromatic heterocycles. The summed E-state index contributed by atoms with van der Waals surface area (Å²) >= 11 is 1.52. The Labute approximate surface area is 142 Å². The molecule has 2 heterocycles. The van der Waals surface area contributed by atoms with E-state index in [1.807, 2.05) is 18.4 Å². The van der Waals surface area contributed by atoms with Crippen LogP contribution in [0.4, 0.5) is 0 Å². The molecular weight excluding hydrogens is 348 g/mol. The summed E-state index contributed by atoms with van der Waals surface area (Å²) in [7, 11) is -3.77. The molecule has 0 saturated heterocycles. The summed E-state index contributed by atoms with van der Waals surface area (Å²) < 4.78 is 24.3. The lowest BCUT2D eigenvalue weighted by Gasteiger charge is -2.07. The van der Waals surface area contributed by atoms with E-state index in [0.717, 1.165) is 10.4 Å². The fraction of sp³-hybridized carbons (Fsp3) is 0.0667. The Bertz CT molecular complexity index is 1020. The molecular formula is C15H14N4O3S2. The van der Waals surface area contributed by atoms with Gasteiger partial charge in [-0.2, -0.15) is 5.10 Å². The number of hydrogen-bond donors (Lipinski definition) is 2. The second-order valence-electron chi connectivity index (χ2n) is 5.22. The van der Waals surface area contributed by atoms with Gasteiger partial charge in [-0.15, -0.1) is 11.3 Å². The third-order valence-electron chi connectivity index (χ3n) is 3.35. The standard InChI is InChI=1S/C15H14N4O3S2/c1-9-6-14(23-8-9)13-7-12(15(16)20)18-19(13)10-2-4-11(5-3-10)24(17,21)22/h2-8H,1H3,(H2,16,20)(H2,17,21,22). The van der Waals surface area contributed by atoms with Gasteiger partial charge in [0, 0.05) is 0 Å². The summed E-state index contributed by atoms with van der Waals surface area (Å²) in [6.07, 6.45) is 0. The lowest BCUT2D eigenvalue weighted by atomic mass is 10.2. The van der Waals surface area contributed by atoms with Crippen molar-refractivity contribution in [3.63, 3.8) is 0 Å². The van der Waals surface area contributed by atoms with Crippen molar-refractivity contribution in [2.75, 3.05) is 0 Å². The maximum absolute atomic E-state index is 11.5. The number of aryl methyl sites for hydroxylation is 1. The van der Waals surface area contributed by atoms with Gasteiger partial charge in [-0.05, 0) is 54.3 Å². The van der Waals surface area contributed by atoms with Crippen LogP contribution in [0.2, 0.25) is 0 Å². The van der Waals surface area contributed by atoms with E-state index < -0.39 is 15.9 Å². The van der Waals surface area contributed by atoms with E-state index in [1.165, 1.54) is 23.5 Å². The molecule has 0 aliphatic heterocycles. The summed E-state index contributed by atoms with van der Waals surface area (Å²) in [5.74, 6) is -0.635. The zero-order valence-electron chi connectivity index (χ0n) is 12.6. The number of nitrogens with two attached hydrogens (primary N) is 2. The van der Waals surface area contributed by atoms with Gasteiger partial charge in [-0.3, -0.25) is 4.79 Å². The van der Waals surface area contributed by atoms with Crippen LogP contribution < -0.4 is 10.9 Å². The Morgan fingerprint density at radius 2 is 1.88 bits per heavy atom. The van der Waals surface area contributed by atoms with Crippen molar-refractivity contribution in [3.8, 4) is 16.3 Å². The Morgan fingerprint density at radius 3 is 2.38 bits per heavy atom. The molecule has 1 aromatic carbocycles. The van der Waals surface area contributed by atoms with Crippen LogP contribution in [0.5, 0.6) is 0 Å². The summed E-state index contributed by atoms with van der Waals surface area (Å²) in [5.41, 5.74) is 7.85. The molecule has 7 nitrogen and oxygen atoms in total. The van der Waals surface area contributed by atoms with Gasteiger partial charge < -0.3 is 5.73 Å². The number of primary amides is 1.